The van der Waals surface area contributed by atoms with Gasteiger partial charge < -0.3 is 5.11 Å². The average Bonchev–Trinajstić information content (AvgIpc) is 2.08. The Morgan fingerprint density at radius 2 is 1.25 bits per heavy atom. The third-order valence-electron chi connectivity index (χ3n) is 2.58. The van der Waals surface area contributed by atoms with Gasteiger partial charge in [0.25, 0.3) is 0 Å². The van der Waals surface area contributed by atoms with Crippen LogP contribution in [0.15, 0.2) is 0 Å². The second-order valence-electron chi connectivity index (χ2n) is 3.16. The Labute approximate surface area is 86.9 Å². The molecule has 0 aliphatic heterocycles. The highest BCUT2D eigenvalue weighted by Gasteiger charge is 2.11. The first kappa shape index (κ1) is 9.84. The SMILES string of the molecule is Cc1c(C)c(C)c(I)c(O)c1C. The maximum absolute atomic E-state index is 9.68. The molecule has 0 atom stereocenters. The molecule has 0 saturated heterocycles. The molecule has 0 aliphatic carbocycles. The summed E-state index contributed by atoms with van der Waals surface area (Å²) in [4.78, 5) is 0. The third kappa shape index (κ3) is 1.32. The first-order valence-corrected chi connectivity index (χ1v) is 4.99. The summed E-state index contributed by atoms with van der Waals surface area (Å²) in [6.45, 7) is 8.15. The predicted octanol–water partition coefficient (Wildman–Crippen LogP) is 3.23. The van der Waals surface area contributed by atoms with E-state index in [0.29, 0.717) is 5.75 Å². The second kappa shape index (κ2) is 3.24. The zero-order valence-corrected chi connectivity index (χ0v) is 9.98. The van der Waals surface area contributed by atoms with E-state index in [9.17, 15) is 5.11 Å². The summed E-state index contributed by atoms with van der Waals surface area (Å²) in [6, 6.07) is 0. The van der Waals surface area contributed by atoms with Crippen LogP contribution < -0.4 is 0 Å². The van der Waals surface area contributed by atoms with E-state index in [1.807, 2.05) is 20.8 Å². The lowest BCUT2D eigenvalue weighted by atomic mass is 9.99. The maximum Gasteiger partial charge on any atom is 0.132 e. The number of benzene rings is 1. The van der Waals surface area contributed by atoms with Crippen LogP contribution in [0.25, 0.3) is 0 Å². The molecular formula is C10H13IO. The summed E-state index contributed by atoms with van der Waals surface area (Å²) in [6.07, 6.45) is 0. The summed E-state index contributed by atoms with van der Waals surface area (Å²) < 4.78 is 0.980. The van der Waals surface area contributed by atoms with Gasteiger partial charge in [-0.1, -0.05) is 0 Å². The Balaban J connectivity index is 3.60. The number of rotatable bonds is 0. The summed E-state index contributed by atoms with van der Waals surface area (Å²) in [5.74, 6) is 0.441. The minimum absolute atomic E-state index is 0.441. The van der Waals surface area contributed by atoms with Gasteiger partial charge in [0.05, 0.1) is 3.57 Å². The normalized spacial score (nSPS) is 10.4. The fourth-order valence-electron chi connectivity index (χ4n) is 1.25. The van der Waals surface area contributed by atoms with E-state index in [1.165, 1.54) is 16.7 Å². The quantitative estimate of drug-likeness (QED) is 0.721. The molecule has 1 rings (SSSR count). The van der Waals surface area contributed by atoms with Gasteiger partial charge >= 0.3 is 0 Å². The number of halogens is 1. The number of hydrogen-bond donors (Lipinski definition) is 1. The molecule has 0 spiro atoms. The molecule has 0 radical (unpaired) electrons. The monoisotopic (exact) mass is 276 g/mol. The molecule has 0 aromatic heterocycles. The standard InChI is InChI=1S/C10H13IO/c1-5-6(2)8(4)10(12)9(11)7(5)3/h12H,1-4H3. The zero-order chi connectivity index (χ0) is 9.46. The van der Waals surface area contributed by atoms with Gasteiger partial charge in [-0.05, 0) is 72.5 Å². The number of hydrogen-bond acceptors (Lipinski definition) is 1. The lowest BCUT2D eigenvalue weighted by Gasteiger charge is -2.12. The summed E-state index contributed by atoms with van der Waals surface area (Å²) >= 11 is 2.19. The second-order valence-corrected chi connectivity index (χ2v) is 4.24. The van der Waals surface area contributed by atoms with Crippen LogP contribution in [-0.2, 0) is 0 Å². The summed E-state index contributed by atoms with van der Waals surface area (Å²) in [5.41, 5.74) is 4.68. The maximum atomic E-state index is 9.68. The molecule has 0 aliphatic rings. The number of aromatic hydroxyl groups is 1. The number of phenolic OH excluding ortho intramolecular Hbond substituents is 1. The van der Waals surface area contributed by atoms with Crippen LogP contribution in [-0.4, -0.2) is 5.11 Å². The van der Waals surface area contributed by atoms with Crippen LogP contribution in [0.5, 0.6) is 5.75 Å². The first-order chi connectivity index (χ1) is 5.46. The smallest absolute Gasteiger partial charge is 0.132 e. The van der Waals surface area contributed by atoms with Crippen molar-refractivity contribution in [1.82, 2.24) is 0 Å². The average molecular weight is 276 g/mol. The van der Waals surface area contributed by atoms with Crippen LogP contribution in [0, 0.1) is 31.3 Å². The Kier molecular flexibility index (Phi) is 2.66. The van der Waals surface area contributed by atoms with E-state index in [-0.39, 0.29) is 0 Å². The lowest BCUT2D eigenvalue weighted by Crippen LogP contribution is -1.95. The predicted molar refractivity (Wildman–Crippen MR) is 59.8 cm³/mol. The minimum atomic E-state index is 0.441. The zero-order valence-electron chi connectivity index (χ0n) is 7.83. The van der Waals surface area contributed by atoms with Crippen LogP contribution in [0.4, 0.5) is 0 Å². The lowest BCUT2D eigenvalue weighted by molar-refractivity contribution is 0.466. The molecular weight excluding hydrogens is 263 g/mol. The molecule has 1 aromatic carbocycles. The van der Waals surface area contributed by atoms with E-state index in [4.69, 9.17) is 0 Å². The van der Waals surface area contributed by atoms with E-state index in [0.717, 1.165) is 9.13 Å². The molecule has 66 valence electrons. The van der Waals surface area contributed by atoms with Crippen molar-refractivity contribution in [3.8, 4) is 5.75 Å². The van der Waals surface area contributed by atoms with Gasteiger partial charge in [-0.25, -0.2) is 0 Å². The van der Waals surface area contributed by atoms with Gasteiger partial charge in [0, 0.05) is 0 Å². The van der Waals surface area contributed by atoms with Crippen molar-refractivity contribution < 1.29 is 5.11 Å². The van der Waals surface area contributed by atoms with Gasteiger partial charge in [0.1, 0.15) is 5.75 Å². The molecule has 1 aromatic rings. The molecule has 0 heterocycles. The Morgan fingerprint density at radius 1 is 0.833 bits per heavy atom. The molecule has 1 N–H and O–H groups in total. The van der Waals surface area contributed by atoms with E-state index in [2.05, 4.69) is 29.5 Å². The highest BCUT2D eigenvalue weighted by molar-refractivity contribution is 14.1. The Bertz CT molecular complexity index is 224. The molecule has 0 fully saturated rings. The van der Waals surface area contributed by atoms with Crippen LogP contribution in [0.2, 0.25) is 0 Å². The van der Waals surface area contributed by atoms with Gasteiger partial charge in [-0.15, -0.1) is 0 Å². The minimum Gasteiger partial charge on any atom is -0.507 e. The van der Waals surface area contributed by atoms with Crippen molar-refractivity contribution in [2.45, 2.75) is 27.7 Å². The van der Waals surface area contributed by atoms with Crippen LogP contribution >= 0.6 is 22.6 Å². The van der Waals surface area contributed by atoms with Gasteiger partial charge in [0.2, 0.25) is 0 Å². The summed E-state index contributed by atoms with van der Waals surface area (Å²) in [7, 11) is 0. The van der Waals surface area contributed by atoms with E-state index in [1.54, 1.807) is 0 Å². The van der Waals surface area contributed by atoms with Crippen LogP contribution in [0.3, 0.4) is 0 Å². The van der Waals surface area contributed by atoms with Gasteiger partial charge in [-0.3, -0.25) is 0 Å². The van der Waals surface area contributed by atoms with Crippen molar-refractivity contribution in [2.75, 3.05) is 0 Å². The van der Waals surface area contributed by atoms with Crippen molar-refractivity contribution in [2.24, 2.45) is 0 Å². The fourth-order valence-corrected chi connectivity index (χ4v) is 2.06. The number of phenols is 1. The van der Waals surface area contributed by atoms with Crippen molar-refractivity contribution >= 4 is 22.6 Å². The fraction of sp³-hybridized carbons (Fsp3) is 0.400. The topological polar surface area (TPSA) is 20.2 Å². The van der Waals surface area contributed by atoms with Crippen molar-refractivity contribution in [1.29, 1.82) is 0 Å². The van der Waals surface area contributed by atoms with Crippen LogP contribution in [0.1, 0.15) is 22.3 Å². The van der Waals surface area contributed by atoms with E-state index < -0.39 is 0 Å². The molecule has 0 bridgehead atoms. The first-order valence-electron chi connectivity index (χ1n) is 3.91. The highest BCUT2D eigenvalue weighted by Crippen LogP contribution is 2.32. The molecule has 0 unspecified atom stereocenters. The van der Waals surface area contributed by atoms with Gasteiger partial charge in [0.15, 0.2) is 0 Å². The molecule has 0 amide bonds. The van der Waals surface area contributed by atoms with E-state index >= 15 is 0 Å². The molecule has 0 saturated carbocycles. The Hall–Kier alpha value is -0.250. The van der Waals surface area contributed by atoms with Crippen molar-refractivity contribution in [3.63, 3.8) is 0 Å². The molecule has 2 heteroatoms. The Morgan fingerprint density at radius 3 is 1.75 bits per heavy atom. The third-order valence-corrected chi connectivity index (χ3v) is 3.90. The van der Waals surface area contributed by atoms with Gasteiger partial charge in [-0.2, -0.15) is 0 Å². The molecule has 1 nitrogen and oxygen atoms in total. The summed E-state index contributed by atoms with van der Waals surface area (Å²) in [5, 5.41) is 9.68. The largest absolute Gasteiger partial charge is 0.507 e. The highest BCUT2D eigenvalue weighted by atomic mass is 127. The molecule has 12 heavy (non-hydrogen) atoms. The van der Waals surface area contributed by atoms with Crippen molar-refractivity contribution in [3.05, 3.63) is 25.8 Å².